The molecule has 0 aliphatic carbocycles. The zero-order valence-electron chi connectivity index (χ0n) is 12.2. The maximum Gasteiger partial charge on any atom is 0.322 e. The molecule has 116 valence electrons. The lowest BCUT2D eigenvalue weighted by molar-refractivity contribution is -0.141. The van der Waals surface area contributed by atoms with E-state index < -0.39 is 22.0 Å². The third-order valence-corrected chi connectivity index (χ3v) is 5.76. The highest BCUT2D eigenvalue weighted by molar-refractivity contribution is 7.89. The predicted molar refractivity (Wildman–Crippen MR) is 76.8 cm³/mol. The number of nitrogens with zero attached hydrogens (tertiary/aromatic N) is 1. The van der Waals surface area contributed by atoms with Crippen LogP contribution in [-0.2, 0) is 14.8 Å². The number of ether oxygens (including phenoxy) is 1. The lowest BCUT2D eigenvalue weighted by Crippen LogP contribution is -2.42. The fourth-order valence-electron chi connectivity index (χ4n) is 2.69. The van der Waals surface area contributed by atoms with Crippen LogP contribution in [0, 0.1) is 12.8 Å². The number of aliphatic carboxylic acids is 1. The number of methoxy groups -OCH3 is 1. The van der Waals surface area contributed by atoms with Gasteiger partial charge < -0.3 is 9.84 Å². The molecule has 1 heterocycles. The van der Waals surface area contributed by atoms with Gasteiger partial charge in [0.15, 0.2) is 0 Å². The van der Waals surface area contributed by atoms with Crippen LogP contribution in [0.3, 0.4) is 0 Å². The molecule has 1 saturated heterocycles. The summed E-state index contributed by atoms with van der Waals surface area (Å²) < 4.78 is 31.5. The van der Waals surface area contributed by atoms with Crippen molar-refractivity contribution in [3.63, 3.8) is 0 Å². The lowest BCUT2D eigenvalue weighted by atomic mass is 10.0. The third kappa shape index (κ3) is 2.75. The smallest absolute Gasteiger partial charge is 0.322 e. The van der Waals surface area contributed by atoms with Crippen molar-refractivity contribution >= 4 is 16.0 Å². The lowest BCUT2D eigenvalue weighted by Gasteiger charge is -2.23. The van der Waals surface area contributed by atoms with E-state index in [1.165, 1.54) is 19.2 Å². The van der Waals surface area contributed by atoms with E-state index in [4.69, 9.17) is 4.74 Å². The van der Waals surface area contributed by atoms with Crippen molar-refractivity contribution in [2.75, 3.05) is 13.7 Å². The fourth-order valence-corrected chi connectivity index (χ4v) is 4.47. The highest BCUT2D eigenvalue weighted by Gasteiger charge is 2.43. The van der Waals surface area contributed by atoms with Gasteiger partial charge in [0, 0.05) is 6.54 Å². The molecule has 1 fully saturated rings. The largest absolute Gasteiger partial charge is 0.496 e. The molecule has 0 radical (unpaired) electrons. The molecule has 0 spiro atoms. The minimum absolute atomic E-state index is 0.0983. The van der Waals surface area contributed by atoms with Gasteiger partial charge in [0.25, 0.3) is 0 Å². The standard InChI is InChI=1S/C14H19NO5S/c1-9-6-7-15(13(9)14(16)17)21(18,19)11-4-5-12(20-3)10(2)8-11/h4-5,8-9,13H,6-7H2,1-3H3,(H,16,17). The average molecular weight is 313 g/mol. The molecule has 1 aliphatic rings. The highest BCUT2D eigenvalue weighted by atomic mass is 32.2. The summed E-state index contributed by atoms with van der Waals surface area (Å²) in [6.07, 6.45) is 0.547. The molecule has 0 aromatic heterocycles. The van der Waals surface area contributed by atoms with Crippen molar-refractivity contribution in [1.82, 2.24) is 4.31 Å². The van der Waals surface area contributed by atoms with E-state index in [0.717, 1.165) is 4.31 Å². The van der Waals surface area contributed by atoms with E-state index in [0.29, 0.717) is 17.7 Å². The second-order valence-corrected chi connectivity index (χ2v) is 7.19. The van der Waals surface area contributed by atoms with Crippen LogP contribution in [0.15, 0.2) is 23.1 Å². The summed E-state index contributed by atoms with van der Waals surface area (Å²) in [6, 6.07) is 3.54. The SMILES string of the molecule is COc1ccc(S(=O)(=O)N2CCC(C)C2C(=O)O)cc1C. The Morgan fingerprint density at radius 3 is 2.62 bits per heavy atom. The molecular weight excluding hydrogens is 294 g/mol. The first-order chi connectivity index (χ1) is 9.78. The summed E-state index contributed by atoms with van der Waals surface area (Å²) >= 11 is 0. The van der Waals surface area contributed by atoms with Gasteiger partial charge in [-0.05, 0) is 43.0 Å². The van der Waals surface area contributed by atoms with Crippen LogP contribution in [0.4, 0.5) is 0 Å². The summed E-state index contributed by atoms with van der Waals surface area (Å²) in [4.78, 5) is 11.4. The van der Waals surface area contributed by atoms with Gasteiger partial charge >= 0.3 is 5.97 Å². The third-order valence-electron chi connectivity index (χ3n) is 3.88. The van der Waals surface area contributed by atoms with Crippen molar-refractivity contribution in [3.8, 4) is 5.75 Å². The summed E-state index contributed by atoms with van der Waals surface area (Å²) in [7, 11) is -2.30. The van der Waals surface area contributed by atoms with Crippen LogP contribution in [0.2, 0.25) is 0 Å². The van der Waals surface area contributed by atoms with Gasteiger partial charge in [0.1, 0.15) is 11.8 Å². The number of benzene rings is 1. The number of rotatable bonds is 4. The second-order valence-electron chi connectivity index (χ2n) is 5.30. The normalized spacial score (nSPS) is 23.2. The maximum atomic E-state index is 12.7. The van der Waals surface area contributed by atoms with Crippen molar-refractivity contribution in [2.45, 2.75) is 31.2 Å². The molecule has 7 heteroatoms. The van der Waals surface area contributed by atoms with Crippen LogP contribution >= 0.6 is 0 Å². The fraction of sp³-hybridized carbons (Fsp3) is 0.500. The Balaban J connectivity index is 2.42. The van der Waals surface area contributed by atoms with Crippen molar-refractivity contribution in [2.24, 2.45) is 5.92 Å². The number of carboxylic acid groups (broad SMARTS) is 1. The topological polar surface area (TPSA) is 83.9 Å². The quantitative estimate of drug-likeness (QED) is 0.910. The molecule has 0 bridgehead atoms. The molecule has 6 nitrogen and oxygen atoms in total. The van der Waals surface area contributed by atoms with Gasteiger partial charge in [-0.15, -0.1) is 0 Å². The Kier molecular flexibility index (Phi) is 4.25. The van der Waals surface area contributed by atoms with Gasteiger partial charge in [-0.2, -0.15) is 4.31 Å². The van der Waals surface area contributed by atoms with Crippen molar-refractivity contribution in [1.29, 1.82) is 0 Å². The molecular formula is C14H19NO5S. The molecule has 2 unspecified atom stereocenters. The zero-order chi connectivity index (χ0) is 15.8. The minimum atomic E-state index is -3.82. The first-order valence-corrected chi connectivity index (χ1v) is 8.12. The van der Waals surface area contributed by atoms with Crippen molar-refractivity contribution < 1.29 is 23.1 Å². The Morgan fingerprint density at radius 1 is 1.43 bits per heavy atom. The van der Waals surface area contributed by atoms with E-state index in [-0.39, 0.29) is 17.4 Å². The van der Waals surface area contributed by atoms with Crippen LogP contribution in [0.5, 0.6) is 5.75 Å². The summed E-state index contributed by atoms with van der Waals surface area (Å²) in [6.45, 7) is 3.73. The summed E-state index contributed by atoms with van der Waals surface area (Å²) in [5, 5.41) is 9.27. The summed E-state index contributed by atoms with van der Waals surface area (Å²) in [5.74, 6) is -0.705. The van der Waals surface area contributed by atoms with Gasteiger partial charge in [-0.3, -0.25) is 4.79 Å². The Morgan fingerprint density at radius 2 is 2.10 bits per heavy atom. The van der Waals surface area contributed by atoms with Gasteiger partial charge in [0.2, 0.25) is 10.0 Å². The molecule has 1 aliphatic heterocycles. The minimum Gasteiger partial charge on any atom is -0.496 e. The van der Waals surface area contributed by atoms with Crippen LogP contribution in [-0.4, -0.2) is 43.5 Å². The Labute approximate surface area is 124 Å². The van der Waals surface area contributed by atoms with E-state index in [1.54, 1.807) is 19.9 Å². The molecule has 21 heavy (non-hydrogen) atoms. The van der Waals surface area contributed by atoms with Gasteiger partial charge in [-0.25, -0.2) is 8.42 Å². The Bertz CT molecular complexity index is 655. The maximum absolute atomic E-state index is 12.7. The van der Waals surface area contributed by atoms with E-state index in [2.05, 4.69) is 0 Å². The monoisotopic (exact) mass is 313 g/mol. The first kappa shape index (κ1) is 15.8. The van der Waals surface area contributed by atoms with Crippen LogP contribution < -0.4 is 4.74 Å². The molecule has 0 amide bonds. The molecule has 1 N–H and O–H groups in total. The number of carboxylic acids is 1. The molecule has 1 aromatic carbocycles. The number of aryl methyl sites for hydroxylation is 1. The Hall–Kier alpha value is -1.60. The molecule has 1 aromatic rings. The van der Waals surface area contributed by atoms with E-state index in [1.807, 2.05) is 0 Å². The molecule has 0 saturated carbocycles. The first-order valence-electron chi connectivity index (χ1n) is 6.68. The van der Waals surface area contributed by atoms with E-state index in [9.17, 15) is 18.3 Å². The zero-order valence-corrected chi connectivity index (χ0v) is 13.1. The number of sulfonamides is 1. The molecule has 2 rings (SSSR count). The highest BCUT2D eigenvalue weighted by Crippen LogP contribution is 2.31. The average Bonchev–Trinajstić information content (AvgIpc) is 2.81. The van der Waals surface area contributed by atoms with Gasteiger partial charge in [-0.1, -0.05) is 6.92 Å². The number of carbonyl (C=O) groups is 1. The summed E-state index contributed by atoms with van der Waals surface area (Å²) in [5.41, 5.74) is 0.692. The number of hydrogen-bond acceptors (Lipinski definition) is 4. The predicted octanol–water partition coefficient (Wildman–Crippen LogP) is 1.49. The molecule has 2 atom stereocenters. The second kappa shape index (κ2) is 5.65. The van der Waals surface area contributed by atoms with E-state index >= 15 is 0 Å². The van der Waals surface area contributed by atoms with Crippen LogP contribution in [0.25, 0.3) is 0 Å². The van der Waals surface area contributed by atoms with Gasteiger partial charge in [0.05, 0.1) is 12.0 Å². The number of hydrogen-bond donors (Lipinski definition) is 1. The van der Waals surface area contributed by atoms with Crippen LogP contribution in [0.1, 0.15) is 18.9 Å². The van der Waals surface area contributed by atoms with Crippen molar-refractivity contribution in [3.05, 3.63) is 23.8 Å².